The Morgan fingerprint density at radius 1 is 1.32 bits per heavy atom. The highest BCUT2D eigenvalue weighted by Gasteiger charge is 2.27. The fourth-order valence-corrected chi connectivity index (χ4v) is 3.43. The van der Waals surface area contributed by atoms with Crippen molar-refractivity contribution in [2.45, 2.75) is 25.7 Å². The van der Waals surface area contributed by atoms with E-state index in [9.17, 15) is 13.2 Å². The number of amides is 1. The first kappa shape index (κ1) is 18.4. The molecule has 1 aromatic carbocycles. The molecule has 7 nitrogen and oxygen atoms in total. The molecule has 2 N–H and O–H groups in total. The van der Waals surface area contributed by atoms with Crippen molar-refractivity contribution >= 4 is 15.9 Å². The van der Waals surface area contributed by atoms with Gasteiger partial charge in [-0.1, -0.05) is 13.8 Å². The predicted molar refractivity (Wildman–Crippen MR) is 81.1 cm³/mol. The Bertz CT molecular complexity index is 584. The molecule has 0 saturated carbocycles. The van der Waals surface area contributed by atoms with Crippen molar-refractivity contribution < 1.29 is 23.2 Å². The van der Waals surface area contributed by atoms with Gasteiger partial charge in [0, 0.05) is 6.54 Å². The Kier molecular flexibility index (Phi) is 6.79. The number of sulfonamides is 1. The lowest BCUT2D eigenvalue weighted by Crippen LogP contribution is -2.41. The second-order valence-electron chi connectivity index (χ2n) is 5.13. The van der Waals surface area contributed by atoms with Gasteiger partial charge in [-0.05, 0) is 37.1 Å². The number of hydrogen-bond acceptors (Lipinski definition) is 5. The number of carbonyl (C=O) groups is 1. The Morgan fingerprint density at radius 3 is 2.36 bits per heavy atom. The van der Waals surface area contributed by atoms with E-state index in [-0.39, 0.29) is 17.4 Å². The van der Waals surface area contributed by atoms with Crippen LogP contribution in [0, 0.1) is 5.92 Å². The van der Waals surface area contributed by atoms with Crippen LogP contribution in [-0.4, -0.2) is 43.5 Å². The molecule has 0 aliphatic rings. The summed E-state index contributed by atoms with van der Waals surface area (Å²) in [6.45, 7) is 5.74. The molecule has 0 radical (unpaired) electrons. The van der Waals surface area contributed by atoms with Gasteiger partial charge >= 0.3 is 0 Å². The standard InChI is InChI=1S/C14H22N2O5S/c1-4-21-12-5-7-13(8-6-12)22(19,20)16(9-11(2)3)10-14(17)15-18/h5-8,11,18H,4,9-10H2,1-3H3,(H,15,17). The summed E-state index contributed by atoms with van der Waals surface area (Å²) in [6, 6.07) is 6.00. The smallest absolute Gasteiger partial charge is 0.258 e. The number of hydrogen-bond donors (Lipinski definition) is 2. The van der Waals surface area contributed by atoms with Gasteiger partial charge in [0.2, 0.25) is 10.0 Å². The lowest BCUT2D eigenvalue weighted by atomic mass is 10.2. The molecule has 22 heavy (non-hydrogen) atoms. The molecule has 0 spiro atoms. The van der Waals surface area contributed by atoms with Gasteiger partial charge in [0.15, 0.2) is 0 Å². The quantitative estimate of drug-likeness (QED) is 0.552. The van der Waals surface area contributed by atoms with E-state index in [2.05, 4.69) is 0 Å². The van der Waals surface area contributed by atoms with E-state index in [0.717, 1.165) is 4.31 Å². The number of nitrogens with one attached hydrogen (secondary N) is 1. The maximum atomic E-state index is 12.6. The number of benzene rings is 1. The fraction of sp³-hybridized carbons (Fsp3) is 0.500. The highest BCUT2D eigenvalue weighted by molar-refractivity contribution is 7.89. The molecule has 1 rings (SSSR count). The summed E-state index contributed by atoms with van der Waals surface area (Å²) in [5, 5.41) is 8.61. The highest BCUT2D eigenvalue weighted by Crippen LogP contribution is 2.20. The maximum absolute atomic E-state index is 12.6. The van der Waals surface area contributed by atoms with Crippen molar-refractivity contribution in [3.8, 4) is 5.75 Å². The molecule has 0 unspecified atom stereocenters. The van der Waals surface area contributed by atoms with Crippen LogP contribution >= 0.6 is 0 Å². The molecule has 8 heteroatoms. The molecule has 0 bridgehead atoms. The maximum Gasteiger partial charge on any atom is 0.258 e. The minimum Gasteiger partial charge on any atom is -0.494 e. The first-order valence-corrected chi connectivity index (χ1v) is 8.41. The van der Waals surface area contributed by atoms with Crippen molar-refractivity contribution in [3.63, 3.8) is 0 Å². The lowest BCUT2D eigenvalue weighted by Gasteiger charge is -2.23. The largest absolute Gasteiger partial charge is 0.494 e. The zero-order chi connectivity index (χ0) is 16.8. The molecule has 0 aliphatic heterocycles. The summed E-state index contributed by atoms with van der Waals surface area (Å²) in [7, 11) is -3.83. The van der Waals surface area contributed by atoms with Crippen LogP contribution in [0.4, 0.5) is 0 Å². The van der Waals surface area contributed by atoms with Crippen LogP contribution in [0.25, 0.3) is 0 Å². The van der Waals surface area contributed by atoms with Crippen molar-refractivity contribution in [1.29, 1.82) is 0 Å². The molecule has 0 saturated heterocycles. The van der Waals surface area contributed by atoms with E-state index < -0.39 is 22.5 Å². The van der Waals surface area contributed by atoms with Crippen molar-refractivity contribution in [1.82, 2.24) is 9.79 Å². The molecule has 124 valence electrons. The number of ether oxygens (including phenoxy) is 1. The van der Waals surface area contributed by atoms with E-state index in [1.165, 1.54) is 17.6 Å². The summed E-state index contributed by atoms with van der Waals surface area (Å²) in [6.07, 6.45) is 0. The third-order valence-electron chi connectivity index (χ3n) is 2.79. The van der Waals surface area contributed by atoms with Gasteiger partial charge in [-0.15, -0.1) is 0 Å². The Hall–Kier alpha value is -1.64. The van der Waals surface area contributed by atoms with Crippen LogP contribution in [0.15, 0.2) is 29.2 Å². The average Bonchev–Trinajstić information content (AvgIpc) is 2.46. The zero-order valence-corrected chi connectivity index (χ0v) is 13.8. The van der Waals surface area contributed by atoms with Crippen molar-refractivity contribution in [2.24, 2.45) is 5.92 Å². The average molecular weight is 330 g/mol. The number of hydroxylamine groups is 1. The van der Waals surface area contributed by atoms with E-state index in [4.69, 9.17) is 9.94 Å². The second-order valence-corrected chi connectivity index (χ2v) is 7.07. The molecule has 0 fully saturated rings. The molecule has 1 amide bonds. The minimum absolute atomic E-state index is 0.0314. The summed E-state index contributed by atoms with van der Waals surface area (Å²) in [5.41, 5.74) is 1.45. The Morgan fingerprint density at radius 2 is 1.91 bits per heavy atom. The van der Waals surface area contributed by atoms with Crippen LogP contribution in [0.3, 0.4) is 0 Å². The lowest BCUT2D eigenvalue weighted by molar-refractivity contribution is -0.129. The van der Waals surface area contributed by atoms with Crippen LogP contribution in [0.5, 0.6) is 5.75 Å². The molecule has 0 atom stereocenters. The van der Waals surface area contributed by atoms with Gasteiger partial charge in [0.1, 0.15) is 5.75 Å². The number of carbonyl (C=O) groups excluding carboxylic acids is 1. The van der Waals surface area contributed by atoms with Crippen LogP contribution in [0.2, 0.25) is 0 Å². The van der Waals surface area contributed by atoms with Gasteiger partial charge < -0.3 is 4.74 Å². The molecular weight excluding hydrogens is 308 g/mol. The predicted octanol–water partition coefficient (Wildman–Crippen LogP) is 1.24. The first-order valence-electron chi connectivity index (χ1n) is 6.97. The van der Waals surface area contributed by atoms with Gasteiger partial charge in [0.05, 0.1) is 18.0 Å². The van der Waals surface area contributed by atoms with Gasteiger partial charge in [0.25, 0.3) is 5.91 Å². The monoisotopic (exact) mass is 330 g/mol. The zero-order valence-electron chi connectivity index (χ0n) is 12.9. The van der Waals surface area contributed by atoms with E-state index in [1.807, 2.05) is 20.8 Å². The van der Waals surface area contributed by atoms with Gasteiger partial charge in [-0.2, -0.15) is 4.31 Å². The molecule has 1 aromatic rings. The number of rotatable bonds is 8. The SMILES string of the molecule is CCOc1ccc(S(=O)(=O)N(CC(=O)NO)CC(C)C)cc1. The Balaban J connectivity index is 3.06. The van der Waals surface area contributed by atoms with Crippen LogP contribution in [-0.2, 0) is 14.8 Å². The third kappa shape index (κ3) is 4.97. The molecule has 0 heterocycles. The fourth-order valence-electron chi connectivity index (χ4n) is 1.87. The van der Waals surface area contributed by atoms with E-state index in [1.54, 1.807) is 12.1 Å². The van der Waals surface area contributed by atoms with Crippen LogP contribution in [0.1, 0.15) is 20.8 Å². The summed E-state index contributed by atoms with van der Waals surface area (Å²) >= 11 is 0. The third-order valence-corrected chi connectivity index (χ3v) is 4.61. The van der Waals surface area contributed by atoms with Crippen molar-refractivity contribution in [3.05, 3.63) is 24.3 Å². The summed E-state index contributed by atoms with van der Waals surface area (Å²) < 4.78 is 31.5. The first-order chi connectivity index (χ1) is 10.3. The normalized spacial score (nSPS) is 11.7. The van der Waals surface area contributed by atoms with Gasteiger partial charge in [-0.25, -0.2) is 13.9 Å². The Labute approximate surface area is 130 Å². The number of nitrogens with zero attached hydrogens (tertiary/aromatic N) is 1. The second kappa shape index (κ2) is 8.11. The molecular formula is C14H22N2O5S. The highest BCUT2D eigenvalue weighted by atomic mass is 32.2. The van der Waals surface area contributed by atoms with Crippen molar-refractivity contribution in [2.75, 3.05) is 19.7 Å². The van der Waals surface area contributed by atoms with Crippen LogP contribution < -0.4 is 10.2 Å². The summed E-state index contributed by atoms with van der Waals surface area (Å²) in [5.74, 6) is -0.177. The van der Waals surface area contributed by atoms with E-state index in [0.29, 0.717) is 12.4 Å². The van der Waals surface area contributed by atoms with Gasteiger partial charge in [-0.3, -0.25) is 10.0 Å². The summed E-state index contributed by atoms with van der Waals surface area (Å²) in [4.78, 5) is 11.4. The topological polar surface area (TPSA) is 95.9 Å². The van der Waals surface area contributed by atoms with E-state index >= 15 is 0 Å². The molecule has 0 aliphatic carbocycles. The molecule has 0 aromatic heterocycles. The minimum atomic E-state index is -3.83.